The summed E-state index contributed by atoms with van der Waals surface area (Å²) in [7, 11) is 0. The first-order valence-corrected chi connectivity index (χ1v) is 4.69. The van der Waals surface area contributed by atoms with E-state index in [1.54, 1.807) is 25.3 Å². The van der Waals surface area contributed by atoms with Gasteiger partial charge in [0, 0.05) is 27.1 Å². The molecule has 0 atom stereocenters. The predicted octanol–water partition coefficient (Wildman–Crippen LogP) is 3.44. The fraction of sp³-hybridized carbons (Fsp3) is 0.100. The molecule has 2 aromatic rings. The minimum absolute atomic E-state index is 0.219. The van der Waals surface area contributed by atoms with Crippen molar-refractivity contribution in [2.24, 2.45) is 0 Å². The molecular formula is C10H7BrFN. The van der Waals surface area contributed by atoms with E-state index in [1.165, 1.54) is 6.07 Å². The SMILES string of the molecule is Cc1nccc2c(Br)ccc(F)c12. The van der Waals surface area contributed by atoms with Gasteiger partial charge in [-0.25, -0.2) is 4.39 Å². The molecule has 0 aliphatic heterocycles. The monoisotopic (exact) mass is 239 g/mol. The molecule has 66 valence electrons. The second-order valence-electron chi connectivity index (χ2n) is 2.85. The van der Waals surface area contributed by atoms with Crippen LogP contribution in [0.1, 0.15) is 5.69 Å². The van der Waals surface area contributed by atoms with E-state index in [-0.39, 0.29) is 5.82 Å². The Morgan fingerprint density at radius 2 is 2.08 bits per heavy atom. The number of hydrogen-bond donors (Lipinski definition) is 0. The second kappa shape index (κ2) is 3.07. The highest BCUT2D eigenvalue weighted by Crippen LogP contribution is 2.27. The molecule has 0 fully saturated rings. The van der Waals surface area contributed by atoms with Gasteiger partial charge in [-0.05, 0) is 25.1 Å². The molecule has 0 bridgehead atoms. The molecule has 13 heavy (non-hydrogen) atoms. The van der Waals surface area contributed by atoms with Gasteiger partial charge in [-0.15, -0.1) is 0 Å². The molecular weight excluding hydrogens is 233 g/mol. The molecule has 1 aromatic heterocycles. The lowest BCUT2D eigenvalue weighted by atomic mass is 10.1. The summed E-state index contributed by atoms with van der Waals surface area (Å²) >= 11 is 3.37. The summed E-state index contributed by atoms with van der Waals surface area (Å²) in [4.78, 5) is 4.05. The van der Waals surface area contributed by atoms with Crippen LogP contribution in [0.25, 0.3) is 10.8 Å². The van der Waals surface area contributed by atoms with Gasteiger partial charge in [-0.1, -0.05) is 15.9 Å². The first kappa shape index (κ1) is 8.63. The van der Waals surface area contributed by atoms with Crippen LogP contribution in [0.4, 0.5) is 4.39 Å². The number of benzene rings is 1. The zero-order chi connectivity index (χ0) is 9.42. The number of pyridine rings is 1. The number of aryl methyl sites for hydroxylation is 1. The molecule has 3 heteroatoms. The van der Waals surface area contributed by atoms with Crippen molar-refractivity contribution in [3.63, 3.8) is 0 Å². The molecule has 0 unspecified atom stereocenters. The maximum Gasteiger partial charge on any atom is 0.132 e. The first-order chi connectivity index (χ1) is 6.20. The molecule has 0 aliphatic carbocycles. The van der Waals surface area contributed by atoms with Crippen LogP contribution in [0.2, 0.25) is 0 Å². The largest absolute Gasteiger partial charge is 0.261 e. The van der Waals surface area contributed by atoms with Gasteiger partial charge in [0.15, 0.2) is 0 Å². The highest BCUT2D eigenvalue weighted by Gasteiger charge is 2.06. The van der Waals surface area contributed by atoms with Crippen molar-refractivity contribution in [3.05, 3.63) is 40.4 Å². The van der Waals surface area contributed by atoms with Crippen LogP contribution in [0, 0.1) is 12.7 Å². The van der Waals surface area contributed by atoms with E-state index < -0.39 is 0 Å². The Kier molecular flexibility index (Phi) is 2.04. The summed E-state index contributed by atoms with van der Waals surface area (Å²) in [6, 6.07) is 4.95. The van der Waals surface area contributed by atoms with Crippen LogP contribution < -0.4 is 0 Å². The fourth-order valence-electron chi connectivity index (χ4n) is 1.39. The van der Waals surface area contributed by atoms with Crippen LogP contribution in [0.5, 0.6) is 0 Å². The van der Waals surface area contributed by atoms with Gasteiger partial charge in [0.25, 0.3) is 0 Å². The summed E-state index contributed by atoms with van der Waals surface area (Å²) in [5.41, 5.74) is 0.719. The quantitative estimate of drug-likeness (QED) is 0.687. The van der Waals surface area contributed by atoms with Crippen molar-refractivity contribution in [1.82, 2.24) is 4.98 Å². The molecule has 1 heterocycles. The highest BCUT2D eigenvalue weighted by molar-refractivity contribution is 9.10. The summed E-state index contributed by atoms with van der Waals surface area (Å²) in [6.07, 6.45) is 1.68. The standard InChI is InChI=1S/C10H7BrFN/c1-6-10-7(4-5-13-6)8(11)2-3-9(10)12/h2-5H,1H3. The summed E-state index contributed by atoms with van der Waals surface area (Å²) < 4.78 is 14.3. The molecule has 0 saturated heterocycles. The lowest BCUT2D eigenvalue weighted by molar-refractivity contribution is 0.638. The predicted molar refractivity (Wildman–Crippen MR) is 54.1 cm³/mol. The van der Waals surface area contributed by atoms with Crippen molar-refractivity contribution in [1.29, 1.82) is 0 Å². The molecule has 0 saturated carbocycles. The van der Waals surface area contributed by atoms with Gasteiger partial charge in [0.05, 0.1) is 0 Å². The Morgan fingerprint density at radius 3 is 2.77 bits per heavy atom. The van der Waals surface area contributed by atoms with Crippen LogP contribution >= 0.6 is 15.9 Å². The van der Waals surface area contributed by atoms with Gasteiger partial charge < -0.3 is 0 Å². The smallest absolute Gasteiger partial charge is 0.132 e. The van der Waals surface area contributed by atoms with E-state index >= 15 is 0 Å². The summed E-state index contributed by atoms with van der Waals surface area (Å²) in [5.74, 6) is -0.219. The Hall–Kier alpha value is -0.960. The highest BCUT2D eigenvalue weighted by atomic mass is 79.9. The lowest BCUT2D eigenvalue weighted by Gasteiger charge is -2.03. The van der Waals surface area contributed by atoms with Crippen molar-refractivity contribution in [2.45, 2.75) is 6.92 Å². The topological polar surface area (TPSA) is 12.9 Å². The van der Waals surface area contributed by atoms with Gasteiger partial charge >= 0.3 is 0 Å². The Morgan fingerprint density at radius 1 is 1.31 bits per heavy atom. The fourth-order valence-corrected chi connectivity index (χ4v) is 1.85. The van der Waals surface area contributed by atoms with Gasteiger partial charge in [0.1, 0.15) is 5.82 Å². The Bertz CT molecular complexity index is 459. The van der Waals surface area contributed by atoms with E-state index in [0.717, 1.165) is 15.6 Å². The number of rotatable bonds is 0. The second-order valence-corrected chi connectivity index (χ2v) is 3.70. The Balaban J connectivity index is 3.00. The van der Waals surface area contributed by atoms with Gasteiger partial charge in [-0.3, -0.25) is 4.98 Å². The molecule has 0 amide bonds. The molecule has 0 spiro atoms. The first-order valence-electron chi connectivity index (χ1n) is 3.89. The third-order valence-electron chi connectivity index (χ3n) is 2.01. The lowest BCUT2D eigenvalue weighted by Crippen LogP contribution is -1.87. The molecule has 0 N–H and O–H groups in total. The minimum atomic E-state index is -0.219. The van der Waals surface area contributed by atoms with E-state index in [2.05, 4.69) is 20.9 Å². The van der Waals surface area contributed by atoms with E-state index in [9.17, 15) is 4.39 Å². The molecule has 0 aliphatic rings. The van der Waals surface area contributed by atoms with Gasteiger partial charge in [-0.2, -0.15) is 0 Å². The number of aromatic nitrogens is 1. The average Bonchev–Trinajstić information content (AvgIpc) is 2.12. The van der Waals surface area contributed by atoms with Crippen molar-refractivity contribution >= 4 is 26.7 Å². The zero-order valence-corrected chi connectivity index (χ0v) is 8.60. The van der Waals surface area contributed by atoms with Crippen molar-refractivity contribution in [2.75, 3.05) is 0 Å². The molecule has 1 nitrogen and oxygen atoms in total. The van der Waals surface area contributed by atoms with E-state index in [1.807, 2.05) is 0 Å². The zero-order valence-electron chi connectivity index (χ0n) is 7.01. The number of nitrogens with zero attached hydrogens (tertiary/aromatic N) is 1. The third kappa shape index (κ3) is 1.33. The van der Waals surface area contributed by atoms with E-state index in [4.69, 9.17) is 0 Å². The third-order valence-corrected chi connectivity index (χ3v) is 2.70. The van der Waals surface area contributed by atoms with Gasteiger partial charge in [0.2, 0.25) is 0 Å². The van der Waals surface area contributed by atoms with E-state index in [0.29, 0.717) is 5.39 Å². The average molecular weight is 240 g/mol. The number of halogens is 2. The molecule has 1 aromatic carbocycles. The van der Waals surface area contributed by atoms with Crippen molar-refractivity contribution < 1.29 is 4.39 Å². The van der Waals surface area contributed by atoms with Crippen LogP contribution in [-0.2, 0) is 0 Å². The summed E-state index contributed by atoms with van der Waals surface area (Å²) in [6.45, 7) is 1.80. The molecule has 2 rings (SSSR count). The normalized spacial score (nSPS) is 10.7. The Labute approximate surface area is 83.7 Å². The maximum absolute atomic E-state index is 13.4. The number of hydrogen-bond acceptors (Lipinski definition) is 1. The minimum Gasteiger partial charge on any atom is -0.261 e. The maximum atomic E-state index is 13.4. The van der Waals surface area contributed by atoms with Crippen LogP contribution in [-0.4, -0.2) is 4.98 Å². The van der Waals surface area contributed by atoms with Crippen LogP contribution in [0.15, 0.2) is 28.9 Å². The van der Waals surface area contributed by atoms with Crippen molar-refractivity contribution in [3.8, 4) is 0 Å². The summed E-state index contributed by atoms with van der Waals surface area (Å²) in [5, 5.41) is 1.46. The number of fused-ring (bicyclic) bond motifs is 1. The van der Waals surface area contributed by atoms with Crippen LogP contribution in [0.3, 0.4) is 0 Å². The molecule has 0 radical (unpaired) electrons.